The van der Waals surface area contributed by atoms with Crippen LogP contribution in [0.15, 0.2) is 48.6 Å². The number of nitro groups is 1. The normalized spacial score (nSPS) is 23.1. The molecule has 0 saturated carbocycles. The summed E-state index contributed by atoms with van der Waals surface area (Å²) in [6.07, 6.45) is 5.09. The van der Waals surface area contributed by atoms with Crippen LogP contribution in [0.2, 0.25) is 0 Å². The van der Waals surface area contributed by atoms with Crippen LogP contribution >= 0.6 is 0 Å². The summed E-state index contributed by atoms with van der Waals surface area (Å²) in [5.74, 6) is 0.516. The summed E-state index contributed by atoms with van der Waals surface area (Å²) in [5, 5.41) is 15.0. The van der Waals surface area contributed by atoms with Crippen LogP contribution in [0.4, 0.5) is 15.8 Å². The molecule has 0 radical (unpaired) electrons. The van der Waals surface area contributed by atoms with Gasteiger partial charge in [-0.3, -0.25) is 10.1 Å². The van der Waals surface area contributed by atoms with Gasteiger partial charge in [0.25, 0.3) is 5.69 Å². The van der Waals surface area contributed by atoms with E-state index in [4.69, 9.17) is 4.74 Å². The summed E-state index contributed by atoms with van der Waals surface area (Å²) in [7, 11) is 0. The molecule has 6 heteroatoms. The second-order valence-electron chi connectivity index (χ2n) is 6.62. The van der Waals surface area contributed by atoms with Crippen molar-refractivity contribution in [1.29, 1.82) is 0 Å². The van der Waals surface area contributed by atoms with Crippen LogP contribution in [0.3, 0.4) is 0 Å². The number of halogens is 1. The van der Waals surface area contributed by atoms with E-state index in [0.29, 0.717) is 18.0 Å². The quantitative estimate of drug-likeness (QED) is 0.479. The molecule has 0 aromatic heterocycles. The molecule has 0 fully saturated rings. The molecule has 1 N–H and O–H groups in total. The van der Waals surface area contributed by atoms with Gasteiger partial charge in [0.2, 0.25) is 0 Å². The summed E-state index contributed by atoms with van der Waals surface area (Å²) in [4.78, 5) is 11.3. The molecule has 5 nitrogen and oxygen atoms in total. The van der Waals surface area contributed by atoms with Crippen LogP contribution in [0.1, 0.15) is 36.4 Å². The third-order valence-corrected chi connectivity index (χ3v) is 5.16. The third-order valence-electron chi connectivity index (χ3n) is 5.16. The summed E-state index contributed by atoms with van der Waals surface area (Å²) < 4.78 is 18.8. The molecule has 134 valence electrons. The average Bonchev–Trinajstić information content (AvgIpc) is 3.11. The molecule has 4 rings (SSSR count). The molecule has 0 saturated heterocycles. The number of hydrogen-bond acceptors (Lipinski definition) is 4. The van der Waals surface area contributed by atoms with Crippen molar-refractivity contribution in [2.75, 3.05) is 11.9 Å². The molecule has 0 unspecified atom stereocenters. The molecule has 26 heavy (non-hydrogen) atoms. The van der Waals surface area contributed by atoms with E-state index in [0.717, 1.165) is 17.5 Å². The predicted molar refractivity (Wildman–Crippen MR) is 97.0 cm³/mol. The number of allylic oxidation sites excluding steroid dienone is 2. The van der Waals surface area contributed by atoms with Gasteiger partial charge in [-0.25, -0.2) is 4.39 Å². The Balaban J connectivity index is 1.83. The zero-order valence-electron chi connectivity index (χ0n) is 14.3. The van der Waals surface area contributed by atoms with Crippen molar-refractivity contribution in [1.82, 2.24) is 0 Å². The number of ether oxygens (including phenoxy) is 1. The second-order valence-corrected chi connectivity index (χ2v) is 6.62. The van der Waals surface area contributed by atoms with Gasteiger partial charge in [-0.2, -0.15) is 0 Å². The maximum atomic E-state index is 13.3. The lowest BCUT2D eigenvalue weighted by atomic mass is 9.76. The molecular weight excluding hydrogens is 335 g/mol. The fourth-order valence-corrected chi connectivity index (χ4v) is 4.05. The lowest BCUT2D eigenvalue weighted by Gasteiger charge is -2.37. The van der Waals surface area contributed by atoms with Gasteiger partial charge < -0.3 is 10.1 Å². The Bertz CT molecular complexity index is 879. The van der Waals surface area contributed by atoms with E-state index in [-0.39, 0.29) is 34.3 Å². The number of hydrogen-bond donors (Lipinski definition) is 1. The van der Waals surface area contributed by atoms with E-state index in [1.807, 2.05) is 13.0 Å². The van der Waals surface area contributed by atoms with Gasteiger partial charge in [0.05, 0.1) is 23.6 Å². The largest absolute Gasteiger partial charge is 0.494 e. The smallest absolute Gasteiger partial charge is 0.296 e. The number of fused-ring (bicyclic) bond motifs is 3. The highest BCUT2D eigenvalue weighted by atomic mass is 19.1. The highest BCUT2D eigenvalue weighted by molar-refractivity contribution is 5.73. The molecule has 2 aliphatic rings. The first-order valence-corrected chi connectivity index (χ1v) is 8.72. The SMILES string of the molecule is CCOc1cc2c(c([N+](=O)[O-])c1)N[C@H](c1ccc(F)cc1)[C@H]1CC=C[C@H]21. The van der Waals surface area contributed by atoms with Crippen LogP contribution < -0.4 is 10.1 Å². The van der Waals surface area contributed by atoms with E-state index >= 15 is 0 Å². The molecular formula is C20H19FN2O3. The topological polar surface area (TPSA) is 64.4 Å². The first kappa shape index (κ1) is 16.6. The maximum absolute atomic E-state index is 13.3. The van der Waals surface area contributed by atoms with E-state index < -0.39 is 0 Å². The number of benzene rings is 2. The average molecular weight is 354 g/mol. The van der Waals surface area contributed by atoms with E-state index in [1.54, 1.807) is 12.1 Å². The Kier molecular flexibility index (Phi) is 4.11. The van der Waals surface area contributed by atoms with Crippen LogP contribution in [-0.2, 0) is 0 Å². The Morgan fingerprint density at radius 2 is 2.08 bits per heavy atom. The number of rotatable bonds is 4. The predicted octanol–water partition coefficient (Wildman–Crippen LogP) is 4.96. The Morgan fingerprint density at radius 1 is 1.31 bits per heavy atom. The lowest BCUT2D eigenvalue weighted by molar-refractivity contribution is -0.384. The minimum absolute atomic E-state index is 0.0109. The molecule has 1 aliphatic carbocycles. The standard InChI is InChI=1S/C20H19FN2O3/c1-2-26-14-10-17-15-4-3-5-16(15)19(12-6-8-13(21)9-7-12)22-20(17)18(11-14)23(24)25/h3-4,6-11,15-16,19,22H,2,5H2,1H3/t15-,16-,19+/m0/s1. The van der Waals surface area contributed by atoms with Gasteiger partial charge in [-0.05, 0) is 48.6 Å². The van der Waals surface area contributed by atoms with E-state index in [9.17, 15) is 14.5 Å². The number of nitro benzene ring substituents is 1. The number of anilines is 1. The Hall–Kier alpha value is -2.89. The first-order valence-electron chi connectivity index (χ1n) is 8.72. The van der Waals surface area contributed by atoms with Gasteiger partial charge in [0.1, 0.15) is 17.3 Å². The van der Waals surface area contributed by atoms with Crippen molar-refractivity contribution in [2.24, 2.45) is 5.92 Å². The van der Waals surface area contributed by atoms with Crippen molar-refractivity contribution in [3.63, 3.8) is 0 Å². The zero-order valence-corrected chi connectivity index (χ0v) is 14.3. The van der Waals surface area contributed by atoms with Crippen molar-refractivity contribution >= 4 is 11.4 Å². The minimum Gasteiger partial charge on any atom is -0.494 e. The number of nitrogens with zero attached hydrogens (tertiary/aromatic N) is 1. The highest BCUT2D eigenvalue weighted by Gasteiger charge is 2.41. The maximum Gasteiger partial charge on any atom is 0.296 e. The molecule has 2 aromatic rings. The van der Waals surface area contributed by atoms with Gasteiger partial charge >= 0.3 is 0 Å². The Morgan fingerprint density at radius 3 is 2.77 bits per heavy atom. The summed E-state index contributed by atoms with van der Waals surface area (Å²) in [5.41, 5.74) is 2.36. The van der Waals surface area contributed by atoms with Gasteiger partial charge in [-0.1, -0.05) is 24.3 Å². The van der Waals surface area contributed by atoms with Crippen LogP contribution in [0, 0.1) is 21.8 Å². The molecule has 0 bridgehead atoms. The van der Waals surface area contributed by atoms with Crippen LogP contribution in [0.25, 0.3) is 0 Å². The molecule has 2 aromatic carbocycles. The van der Waals surface area contributed by atoms with Crippen molar-refractivity contribution in [3.8, 4) is 5.75 Å². The molecule has 0 amide bonds. The first-order chi connectivity index (χ1) is 12.6. The second kappa shape index (κ2) is 6.44. The third kappa shape index (κ3) is 2.71. The fourth-order valence-electron chi connectivity index (χ4n) is 4.05. The van der Waals surface area contributed by atoms with Gasteiger partial charge in [0.15, 0.2) is 0 Å². The van der Waals surface area contributed by atoms with Gasteiger partial charge in [-0.15, -0.1) is 0 Å². The monoisotopic (exact) mass is 354 g/mol. The Labute approximate surface area is 150 Å². The molecule has 0 spiro atoms. The van der Waals surface area contributed by atoms with Crippen molar-refractivity contribution in [2.45, 2.75) is 25.3 Å². The van der Waals surface area contributed by atoms with Crippen molar-refractivity contribution in [3.05, 3.63) is 75.6 Å². The fraction of sp³-hybridized carbons (Fsp3) is 0.300. The molecule has 3 atom stereocenters. The van der Waals surface area contributed by atoms with Gasteiger partial charge in [0, 0.05) is 5.92 Å². The van der Waals surface area contributed by atoms with E-state index in [1.165, 1.54) is 18.2 Å². The minimum atomic E-state index is -0.380. The highest BCUT2D eigenvalue weighted by Crippen LogP contribution is 2.53. The van der Waals surface area contributed by atoms with Crippen LogP contribution in [-0.4, -0.2) is 11.5 Å². The molecule has 1 heterocycles. The lowest BCUT2D eigenvalue weighted by Crippen LogP contribution is -2.29. The zero-order chi connectivity index (χ0) is 18.3. The number of nitrogens with one attached hydrogen (secondary N) is 1. The van der Waals surface area contributed by atoms with E-state index in [2.05, 4.69) is 17.5 Å². The summed E-state index contributed by atoms with van der Waals surface area (Å²) >= 11 is 0. The van der Waals surface area contributed by atoms with Crippen molar-refractivity contribution < 1.29 is 14.1 Å². The summed E-state index contributed by atoms with van der Waals surface area (Å²) in [6, 6.07) is 9.59. The summed E-state index contributed by atoms with van der Waals surface area (Å²) in [6.45, 7) is 2.30. The molecule has 1 aliphatic heterocycles. The van der Waals surface area contributed by atoms with Crippen LogP contribution in [0.5, 0.6) is 5.75 Å².